The van der Waals surface area contributed by atoms with Gasteiger partial charge < -0.3 is 15.0 Å². The third kappa shape index (κ3) is 4.38. The number of hydrogen-bond acceptors (Lipinski definition) is 5. The Morgan fingerprint density at radius 1 is 1.12 bits per heavy atom. The highest BCUT2D eigenvalue weighted by atomic mass is 16.5. The highest BCUT2D eigenvalue weighted by Gasteiger charge is 2.44. The third-order valence-electron chi connectivity index (χ3n) is 4.59. The second-order valence-electron chi connectivity index (χ2n) is 6.16. The number of hydrogen-bond donors (Lipinski definition) is 2. The molecule has 8 heteroatoms. The molecule has 0 aliphatic carbocycles. The van der Waals surface area contributed by atoms with Crippen LogP contribution in [0.5, 0.6) is 0 Å². The van der Waals surface area contributed by atoms with E-state index in [1.165, 1.54) is 14.0 Å². The van der Waals surface area contributed by atoms with Crippen LogP contribution in [0.4, 0.5) is 4.79 Å². The van der Waals surface area contributed by atoms with Crippen LogP contribution >= 0.6 is 0 Å². The summed E-state index contributed by atoms with van der Waals surface area (Å²) >= 11 is 0. The summed E-state index contributed by atoms with van der Waals surface area (Å²) in [6.45, 7) is 1.82. The number of carbonyl (C=O) groups excluding carboxylic acids is 4. The van der Waals surface area contributed by atoms with Gasteiger partial charge in [0.2, 0.25) is 5.91 Å². The molecule has 1 aromatic carbocycles. The molecule has 1 heterocycles. The molecule has 1 aliphatic heterocycles. The van der Waals surface area contributed by atoms with Crippen LogP contribution in [0, 0.1) is 0 Å². The zero-order valence-electron chi connectivity index (χ0n) is 14.9. The number of urea groups is 1. The molecule has 4 amide bonds. The van der Waals surface area contributed by atoms with Crippen molar-refractivity contribution in [2.75, 3.05) is 26.7 Å². The largest absolute Gasteiger partial charge is 0.455 e. The molecule has 140 valence electrons. The van der Waals surface area contributed by atoms with Crippen molar-refractivity contribution >= 4 is 23.8 Å². The Morgan fingerprint density at radius 2 is 1.73 bits per heavy atom. The van der Waals surface area contributed by atoms with E-state index >= 15 is 0 Å². The molecular weight excluding hydrogens is 338 g/mol. The summed E-state index contributed by atoms with van der Waals surface area (Å²) < 4.78 is 5.21. The van der Waals surface area contributed by atoms with Crippen molar-refractivity contribution in [1.29, 1.82) is 0 Å². The molecule has 0 radical (unpaired) electrons. The zero-order chi connectivity index (χ0) is 19.2. The zero-order valence-corrected chi connectivity index (χ0v) is 14.9. The van der Waals surface area contributed by atoms with Gasteiger partial charge in [0.05, 0.1) is 5.41 Å². The molecule has 1 aromatic rings. The number of esters is 1. The van der Waals surface area contributed by atoms with E-state index in [4.69, 9.17) is 4.74 Å². The maximum absolute atomic E-state index is 12.9. The Balaban J connectivity index is 2.12. The van der Waals surface area contributed by atoms with Crippen molar-refractivity contribution in [2.45, 2.75) is 25.2 Å². The van der Waals surface area contributed by atoms with Crippen LogP contribution in [-0.4, -0.2) is 55.5 Å². The van der Waals surface area contributed by atoms with Crippen LogP contribution in [0.3, 0.4) is 0 Å². The monoisotopic (exact) mass is 361 g/mol. The number of rotatable bonds is 4. The molecule has 8 nitrogen and oxygen atoms in total. The summed E-state index contributed by atoms with van der Waals surface area (Å²) in [5.74, 6) is -1.27. The molecule has 2 rings (SSSR count). The number of nitrogens with zero attached hydrogens (tertiary/aromatic N) is 1. The van der Waals surface area contributed by atoms with Gasteiger partial charge in [-0.25, -0.2) is 4.79 Å². The number of benzene rings is 1. The minimum atomic E-state index is -0.916. The average Bonchev–Trinajstić information content (AvgIpc) is 2.66. The van der Waals surface area contributed by atoms with E-state index in [9.17, 15) is 19.2 Å². The Hall–Kier alpha value is -2.90. The van der Waals surface area contributed by atoms with Gasteiger partial charge in [-0.2, -0.15) is 0 Å². The Labute approximate surface area is 151 Å². The first-order valence-corrected chi connectivity index (χ1v) is 8.39. The van der Waals surface area contributed by atoms with Crippen molar-refractivity contribution in [3.63, 3.8) is 0 Å². The fraction of sp³-hybridized carbons (Fsp3) is 0.444. The van der Waals surface area contributed by atoms with Crippen molar-refractivity contribution in [3.05, 3.63) is 35.9 Å². The van der Waals surface area contributed by atoms with Crippen molar-refractivity contribution in [2.24, 2.45) is 0 Å². The summed E-state index contributed by atoms with van der Waals surface area (Å²) in [4.78, 5) is 48.9. The second kappa shape index (κ2) is 8.46. The van der Waals surface area contributed by atoms with Crippen molar-refractivity contribution < 1.29 is 23.9 Å². The lowest BCUT2D eigenvalue weighted by molar-refractivity contribution is -0.157. The first-order valence-electron chi connectivity index (χ1n) is 8.39. The lowest BCUT2D eigenvalue weighted by Gasteiger charge is -2.40. The fourth-order valence-electron chi connectivity index (χ4n) is 3.07. The van der Waals surface area contributed by atoms with Crippen LogP contribution in [0.2, 0.25) is 0 Å². The molecule has 0 atom stereocenters. The molecule has 2 N–H and O–H groups in total. The lowest BCUT2D eigenvalue weighted by Crippen LogP contribution is -2.50. The maximum atomic E-state index is 12.9. The van der Waals surface area contributed by atoms with Gasteiger partial charge in [-0.1, -0.05) is 30.3 Å². The van der Waals surface area contributed by atoms with Gasteiger partial charge in [-0.05, 0) is 18.4 Å². The SMILES string of the molecule is CNC(=O)NC(=O)COC(=O)C1(c2ccccc2)CCN(C(C)=O)CC1. The smallest absolute Gasteiger partial charge is 0.321 e. The van der Waals surface area contributed by atoms with Crippen LogP contribution in [0.15, 0.2) is 30.3 Å². The van der Waals surface area contributed by atoms with E-state index in [2.05, 4.69) is 5.32 Å². The van der Waals surface area contributed by atoms with E-state index < -0.39 is 29.9 Å². The molecule has 0 saturated carbocycles. The highest BCUT2D eigenvalue weighted by Crippen LogP contribution is 2.36. The van der Waals surface area contributed by atoms with Crippen LogP contribution in [0.1, 0.15) is 25.3 Å². The number of piperidine rings is 1. The van der Waals surface area contributed by atoms with Gasteiger partial charge in [0.25, 0.3) is 5.91 Å². The van der Waals surface area contributed by atoms with Crippen LogP contribution in [-0.2, 0) is 24.5 Å². The van der Waals surface area contributed by atoms with E-state index in [1.54, 1.807) is 4.90 Å². The summed E-state index contributed by atoms with van der Waals surface area (Å²) in [6, 6.07) is 8.54. The molecular formula is C18H23N3O5. The first kappa shape index (κ1) is 19.4. The Bertz CT molecular complexity index is 681. The predicted molar refractivity (Wildman–Crippen MR) is 93.2 cm³/mol. The standard InChI is InChI=1S/C18H23N3O5/c1-13(22)21-10-8-18(9-11-21,14-6-4-3-5-7-14)16(24)26-12-15(23)20-17(25)19-2/h3-7H,8-12H2,1-2H3,(H2,19,20,23,25). The van der Waals surface area contributed by atoms with E-state index in [-0.39, 0.29) is 5.91 Å². The third-order valence-corrected chi connectivity index (χ3v) is 4.59. The molecule has 26 heavy (non-hydrogen) atoms. The van der Waals surface area contributed by atoms with Crippen molar-refractivity contribution in [1.82, 2.24) is 15.5 Å². The molecule has 1 aliphatic rings. The van der Waals surface area contributed by atoms with Crippen LogP contribution < -0.4 is 10.6 Å². The summed E-state index contributed by atoms with van der Waals surface area (Å²) in [5.41, 5.74) is -0.125. The molecule has 1 saturated heterocycles. The normalized spacial score (nSPS) is 15.7. The number of likely N-dealkylation sites (tertiary alicyclic amines) is 1. The number of amides is 4. The Morgan fingerprint density at radius 3 is 2.27 bits per heavy atom. The van der Waals surface area contributed by atoms with Crippen LogP contribution in [0.25, 0.3) is 0 Å². The summed E-state index contributed by atoms with van der Waals surface area (Å²) in [5, 5.41) is 4.29. The average molecular weight is 361 g/mol. The molecule has 0 aromatic heterocycles. The second-order valence-corrected chi connectivity index (χ2v) is 6.16. The van der Waals surface area contributed by atoms with Gasteiger partial charge in [0.1, 0.15) is 0 Å². The van der Waals surface area contributed by atoms with Gasteiger partial charge >= 0.3 is 12.0 Å². The van der Waals surface area contributed by atoms with Gasteiger partial charge in [-0.15, -0.1) is 0 Å². The summed E-state index contributed by atoms with van der Waals surface area (Å²) in [7, 11) is 1.38. The van der Waals surface area contributed by atoms with E-state index in [0.717, 1.165) is 5.56 Å². The molecule has 1 fully saturated rings. The van der Waals surface area contributed by atoms with Gasteiger partial charge in [0, 0.05) is 27.1 Å². The first-order chi connectivity index (χ1) is 12.4. The number of imide groups is 1. The fourth-order valence-corrected chi connectivity index (χ4v) is 3.07. The summed E-state index contributed by atoms with van der Waals surface area (Å²) in [6.07, 6.45) is 0.818. The van der Waals surface area contributed by atoms with E-state index in [0.29, 0.717) is 25.9 Å². The van der Waals surface area contributed by atoms with E-state index in [1.807, 2.05) is 35.6 Å². The minimum absolute atomic E-state index is 0.0371. The topological polar surface area (TPSA) is 105 Å². The minimum Gasteiger partial charge on any atom is -0.455 e. The van der Waals surface area contributed by atoms with Gasteiger partial charge in [0.15, 0.2) is 6.61 Å². The maximum Gasteiger partial charge on any atom is 0.321 e. The van der Waals surface area contributed by atoms with Gasteiger partial charge in [-0.3, -0.25) is 19.7 Å². The predicted octanol–water partition coefficient (Wildman–Crippen LogP) is 0.566. The Kier molecular flexibility index (Phi) is 6.32. The quantitative estimate of drug-likeness (QED) is 0.763. The number of ether oxygens (including phenoxy) is 1. The molecule has 0 bridgehead atoms. The molecule has 0 spiro atoms. The van der Waals surface area contributed by atoms with Crippen molar-refractivity contribution in [3.8, 4) is 0 Å². The number of nitrogens with one attached hydrogen (secondary N) is 2. The molecule has 0 unspecified atom stereocenters. The highest BCUT2D eigenvalue weighted by molar-refractivity contribution is 5.96. The lowest BCUT2D eigenvalue weighted by atomic mass is 9.72. The number of carbonyl (C=O) groups is 4.